The largest absolute Gasteiger partial charge is 0.494 e. The van der Waals surface area contributed by atoms with Crippen molar-refractivity contribution in [3.63, 3.8) is 0 Å². The van der Waals surface area contributed by atoms with E-state index in [2.05, 4.69) is 5.32 Å². The van der Waals surface area contributed by atoms with E-state index in [1.54, 1.807) is 0 Å². The highest BCUT2D eigenvalue weighted by atomic mass is 32.2. The molecule has 0 spiro atoms. The van der Waals surface area contributed by atoms with Crippen molar-refractivity contribution in [1.82, 2.24) is 5.32 Å². The van der Waals surface area contributed by atoms with Crippen molar-refractivity contribution < 1.29 is 9.53 Å². The van der Waals surface area contributed by atoms with E-state index >= 15 is 0 Å². The SMILES string of the molecule is CCOc1ccc(SCC(=O)N[C@@H](C)c2ccccc2)cc1. The first-order valence-corrected chi connectivity index (χ1v) is 8.37. The maximum atomic E-state index is 12.0. The third-order valence-electron chi connectivity index (χ3n) is 3.18. The summed E-state index contributed by atoms with van der Waals surface area (Å²) in [5, 5.41) is 3.01. The van der Waals surface area contributed by atoms with Gasteiger partial charge in [0.25, 0.3) is 0 Å². The van der Waals surface area contributed by atoms with Gasteiger partial charge in [0.1, 0.15) is 5.75 Å². The second-order valence-corrected chi connectivity index (χ2v) is 5.94. The predicted molar refractivity (Wildman–Crippen MR) is 91.3 cm³/mol. The Kier molecular flexibility index (Phi) is 6.34. The molecule has 0 aliphatic heterocycles. The van der Waals surface area contributed by atoms with Crippen LogP contribution in [-0.4, -0.2) is 18.3 Å². The van der Waals surface area contributed by atoms with Gasteiger partial charge in [0.15, 0.2) is 0 Å². The van der Waals surface area contributed by atoms with Gasteiger partial charge in [-0.1, -0.05) is 30.3 Å². The van der Waals surface area contributed by atoms with Gasteiger partial charge in [-0.05, 0) is 43.7 Å². The monoisotopic (exact) mass is 315 g/mol. The second kappa shape index (κ2) is 8.49. The smallest absolute Gasteiger partial charge is 0.230 e. The number of hydrogen-bond donors (Lipinski definition) is 1. The van der Waals surface area contributed by atoms with Crippen LogP contribution in [0.1, 0.15) is 25.5 Å². The first-order valence-electron chi connectivity index (χ1n) is 7.39. The fourth-order valence-corrected chi connectivity index (χ4v) is 2.77. The zero-order valence-corrected chi connectivity index (χ0v) is 13.7. The highest BCUT2D eigenvalue weighted by Crippen LogP contribution is 2.21. The maximum Gasteiger partial charge on any atom is 0.230 e. The lowest BCUT2D eigenvalue weighted by atomic mass is 10.1. The molecule has 0 unspecified atom stereocenters. The Morgan fingerprint density at radius 2 is 1.82 bits per heavy atom. The van der Waals surface area contributed by atoms with E-state index in [1.165, 1.54) is 11.8 Å². The molecular weight excluding hydrogens is 294 g/mol. The number of carbonyl (C=O) groups excluding carboxylic acids is 1. The first-order chi connectivity index (χ1) is 10.7. The van der Waals surface area contributed by atoms with Crippen molar-refractivity contribution in [2.24, 2.45) is 0 Å². The van der Waals surface area contributed by atoms with Gasteiger partial charge in [-0.15, -0.1) is 11.8 Å². The fraction of sp³-hybridized carbons (Fsp3) is 0.278. The molecule has 0 fully saturated rings. The zero-order chi connectivity index (χ0) is 15.8. The van der Waals surface area contributed by atoms with E-state index in [0.29, 0.717) is 12.4 Å². The van der Waals surface area contributed by atoms with Crippen molar-refractivity contribution in [3.05, 3.63) is 60.2 Å². The zero-order valence-electron chi connectivity index (χ0n) is 12.9. The molecule has 2 aromatic rings. The Morgan fingerprint density at radius 1 is 1.14 bits per heavy atom. The second-order valence-electron chi connectivity index (χ2n) is 4.89. The Hall–Kier alpha value is -1.94. The summed E-state index contributed by atoms with van der Waals surface area (Å²) in [4.78, 5) is 13.1. The van der Waals surface area contributed by atoms with Crippen molar-refractivity contribution in [3.8, 4) is 5.75 Å². The van der Waals surface area contributed by atoms with Crippen LogP contribution in [0.3, 0.4) is 0 Å². The van der Waals surface area contributed by atoms with E-state index < -0.39 is 0 Å². The quantitative estimate of drug-likeness (QED) is 0.783. The predicted octanol–water partition coefficient (Wildman–Crippen LogP) is 4.05. The summed E-state index contributed by atoms with van der Waals surface area (Å²) in [6, 6.07) is 17.8. The van der Waals surface area contributed by atoms with Crippen LogP contribution < -0.4 is 10.1 Å². The molecule has 3 nitrogen and oxygen atoms in total. The van der Waals surface area contributed by atoms with Gasteiger partial charge in [0.2, 0.25) is 5.91 Å². The van der Waals surface area contributed by atoms with E-state index in [-0.39, 0.29) is 11.9 Å². The molecule has 116 valence electrons. The number of benzene rings is 2. The lowest BCUT2D eigenvalue weighted by Crippen LogP contribution is -2.28. The molecule has 22 heavy (non-hydrogen) atoms. The minimum atomic E-state index is 0.0228. The van der Waals surface area contributed by atoms with Crippen LogP contribution in [0.25, 0.3) is 0 Å². The lowest BCUT2D eigenvalue weighted by molar-refractivity contribution is -0.119. The highest BCUT2D eigenvalue weighted by molar-refractivity contribution is 8.00. The minimum Gasteiger partial charge on any atom is -0.494 e. The van der Waals surface area contributed by atoms with Crippen molar-refractivity contribution >= 4 is 17.7 Å². The molecule has 2 aromatic carbocycles. The Labute approximate surface area is 136 Å². The summed E-state index contributed by atoms with van der Waals surface area (Å²) in [6.07, 6.45) is 0. The van der Waals surface area contributed by atoms with Crippen molar-refractivity contribution in [2.75, 3.05) is 12.4 Å². The summed E-state index contributed by atoms with van der Waals surface area (Å²) in [5.41, 5.74) is 1.11. The van der Waals surface area contributed by atoms with Crippen molar-refractivity contribution in [1.29, 1.82) is 0 Å². The number of amides is 1. The third kappa shape index (κ3) is 5.11. The number of thioether (sulfide) groups is 1. The molecule has 0 aliphatic carbocycles. The molecule has 2 rings (SSSR count). The van der Waals surface area contributed by atoms with E-state index in [4.69, 9.17) is 4.74 Å². The molecule has 0 heterocycles. The van der Waals surface area contributed by atoms with E-state index in [0.717, 1.165) is 16.2 Å². The summed E-state index contributed by atoms with van der Waals surface area (Å²) in [6.45, 7) is 4.61. The number of carbonyl (C=O) groups is 1. The van der Waals surface area contributed by atoms with Crippen LogP contribution in [0, 0.1) is 0 Å². The number of ether oxygens (including phenoxy) is 1. The molecule has 0 aliphatic rings. The topological polar surface area (TPSA) is 38.3 Å². The van der Waals surface area contributed by atoms with Crippen LogP contribution >= 0.6 is 11.8 Å². The van der Waals surface area contributed by atoms with Crippen LogP contribution in [0.4, 0.5) is 0 Å². The van der Waals surface area contributed by atoms with Crippen LogP contribution in [-0.2, 0) is 4.79 Å². The summed E-state index contributed by atoms with van der Waals surface area (Å²) in [7, 11) is 0. The van der Waals surface area contributed by atoms with Crippen molar-refractivity contribution in [2.45, 2.75) is 24.8 Å². The molecule has 0 aromatic heterocycles. The molecule has 1 amide bonds. The maximum absolute atomic E-state index is 12.0. The number of rotatable bonds is 7. The van der Waals surface area contributed by atoms with Gasteiger partial charge in [-0.25, -0.2) is 0 Å². The average molecular weight is 315 g/mol. The molecular formula is C18H21NO2S. The number of hydrogen-bond acceptors (Lipinski definition) is 3. The molecule has 0 bridgehead atoms. The lowest BCUT2D eigenvalue weighted by Gasteiger charge is -2.14. The standard InChI is InChI=1S/C18H21NO2S/c1-3-21-16-9-11-17(12-10-16)22-13-18(20)19-14(2)15-7-5-4-6-8-15/h4-12,14H,3,13H2,1-2H3,(H,19,20)/t14-/m0/s1. The van der Waals surface area contributed by atoms with Gasteiger partial charge in [-0.3, -0.25) is 4.79 Å². The van der Waals surface area contributed by atoms with Crippen LogP contribution in [0.15, 0.2) is 59.5 Å². The summed E-state index contributed by atoms with van der Waals surface area (Å²) in [5.74, 6) is 1.30. The highest BCUT2D eigenvalue weighted by Gasteiger charge is 2.09. The Balaban J connectivity index is 1.80. The van der Waals surface area contributed by atoms with E-state index in [9.17, 15) is 4.79 Å². The number of nitrogens with one attached hydrogen (secondary N) is 1. The van der Waals surface area contributed by atoms with Gasteiger partial charge in [0, 0.05) is 4.90 Å². The van der Waals surface area contributed by atoms with Crippen LogP contribution in [0.2, 0.25) is 0 Å². The van der Waals surface area contributed by atoms with Crippen LogP contribution in [0.5, 0.6) is 5.75 Å². The fourth-order valence-electron chi connectivity index (χ4n) is 2.06. The molecule has 0 saturated carbocycles. The molecule has 1 atom stereocenters. The molecule has 0 radical (unpaired) electrons. The Bertz CT molecular complexity index is 584. The summed E-state index contributed by atoms with van der Waals surface area (Å²) >= 11 is 1.52. The molecule has 4 heteroatoms. The normalized spacial score (nSPS) is 11.7. The molecule has 0 saturated heterocycles. The summed E-state index contributed by atoms with van der Waals surface area (Å²) < 4.78 is 5.40. The first kappa shape index (κ1) is 16.4. The molecule has 1 N–H and O–H groups in total. The van der Waals surface area contributed by atoms with E-state index in [1.807, 2.05) is 68.4 Å². The van der Waals surface area contributed by atoms with Gasteiger partial charge in [-0.2, -0.15) is 0 Å². The average Bonchev–Trinajstić information content (AvgIpc) is 2.55. The van der Waals surface area contributed by atoms with Gasteiger partial charge >= 0.3 is 0 Å². The van der Waals surface area contributed by atoms with Gasteiger partial charge < -0.3 is 10.1 Å². The minimum absolute atomic E-state index is 0.0228. The third-order valence-corrected chi connectivity index (χ3v) is 4.19. The van der Waals surface area contributed by atoms with Gasteiger partial charge in [0.05, 0.1) is 18.4 Å². The Morgan fingerprint density at radius 3 is 2.45 bits per heavy atom.